The summed E-state index contributed by atoms with van der Waals surface area (Å²) in [4.78, 5) is 2.52. The summed E-state index contributed by atoms with van der Waals surface area (Å²) >= 11 is 0. The van der Waals surface area contributed by atoms with Crippen LogP contribution < -0.4 is 10.6 Å². The van der Waals surface area contributed by atoms with Crippen molar-refractivity contribution in [1.82, 2.24) is 0 Å². The molecule has 0 aliphatic heterocycles. The third-order valence-electron chi connectivity index (χ3n) is 3.97. The molecule has 0 saturated heterocycles. The van der Waals surface area contributed by atoms with Crippen LogP contribution in [0.3, 0.4) is 0 Å². The Labute approximate surface area is 119 Å². The number of rotatable bonds is 8. The molecule has 0 heterocycles. The predicted molar refractivity (Wildman–Crippen MR) is 85.7 cm³/mol. The van der Waals surface area contributed by atoms with Gasteiger partial charge in [-0.25, -0.2) is 0 Å². The Morgan fingerprint density at radius 2 is 1.68 bits per heavy atom. The summed E-state index contributed by atoms with van der Waals surface area (Å²) in [5, 5.41) is 0. The average Bonchev–Trinajstić information content (AvgIpc) is 2.47. The maximum atomic E-state index is 6.07. The van der Waals surface area contributed by atoms with Crippen LogP contribution in [0, 0.1) is 0 Å². The van der Waals surface area contributed by atoms with Crippen LogP contribution in [-0.4, -0.2) is 12.6 Å². The fraction of sp³-hybridized carbons (Fsp3) is 0.647. The van der Waals surface area contributed by atoms with Gasteiger partial charge in [0.1, 0.15) is 0 Å². The van der Waals surface area contributed by atoms with Gasteiger partial charge in [0.2, 0.25) is 0 Å². The highest BCUT2D eigenvalue weighted by Gasteiger charge is 2.13. The van der Waals surface area contributed by atoms with Crippen LogP contribution in [0.5, 0.6) is 0 Å². The third-order valence-corrected chi connectivity index (χ3v) is 3.97. The number of anilines is 1. The van der Waals surface area contributed by atoms with E-state index in [1.54, 1.807) is 0 Å². The number of benzene rings is 1. The lowest BCUT2D eigenvalue weighted by molar-refractivity contribution is 0.595. The number of nitrogens with two attached hydrogens (primary N) is 1. The topological polar surface area (TPSA) is 29.3 Å². The molecule has 0 amide bonds. The zero-order valence-electron chi connectivity index (χ0n) is 13.0. The van der Waals surface area contributed by atoms with E-state index in [9.17, 15) is 0 Å². The summed E-state index contributed by atoms with van der Waals surface area (Å²) in [6.45, 7) is 10.1. The Kier molecular flexibility index (Phi) is 6.93. The predicted octanol–water partition coefficient (Wildman–Crippen LogP) is 4.50. The second-order valence-electron chi connectivity index (χ2n) is 5.41. The van der Waals surface area contributed by atoms with Crippen LogP contribution in [0.25, 0.3) is 0 Å². The molecule has 1 rings (SSSR count). The lowest BCUT2D eigenvalue weighted by Gasteiger charge is -2.31. The standard InChI is InChI=1S/C17H30N2/c1-5-8-13-19(14(4)6-2)16-11-9-15(10-12-16)17(18)7-3/h9-12,14,17H,5-8,13,18H2,1-4H3. The molecule has 0 radical (unpaired) electrons. The molecule has 0 aromatic heterocycles. The van der Waals surface area contributed by atoms with Crippen molar-refractivity contribution in [2.24, 2.45) is 5.73 Å². The van der Waals surface area contributed by atoms with Crippen molar-refractivity contribution in [1.29, 1.82) is 0 Å². The van der Waals surface area contributed by atoms with Gasteiger partial charge in [0, 0.05) is 24.3 Å². The number of hydrogen-bond donors (Lipinski definition) is 1. The molecule has 0 aliphatic carbocycles. The quantitative estimate of drug-likeness (QED) is 0.747. The number of nitrogens with zero attached hydrogens (tertiary/aromatic N) is 1. The van der Waals surface area contributed by atoms with E-state index in [2.05, 4.69) is 56.9 Å². The van der Waals surface area contributed by atoms with E-state index in [1.807, 2.05) is 0 Å². The number of unbranched alkanes of at least 4 members (excludes halogenated alkanes) is 1. The molecule has 0 aliphatic rings. The maximum Gasteiger partial charge on any atom is 0.0368 e. The molecule has 1 aromatic carbocycles. The van der Waals surface area contributed by atoms with Crippen molar-refractivity contribution in [3.05, 3.63) is 29.8 Å². The largest absolute Gasteiger partial charge is 0.369 e. The van der Waals surface area contributed by atoms with E-state index in [0.29, 0.717) is 6.04 Å². The SMILES string of the molecule is CCCCN(c1ccc(C(N)CC)cc1)C(C)CC. The molecular weight excluding hydrogens is 232 g/mol. The highest BCUT2D eigenvalue weighted by atomic mass is 15.2. The van der Waals surface area contributed by atoms with Crippen LogP contribution in [0.15, 0.2) is 24.3 Å². The van der Waals surface area contributed by atoms with Crippen LogP contribution in [-0.2, 0) is 0 Å². The number of hydrogen-bond acceptors (Lipinski definition) is 2. The van der Waals surface area contributed by atoms with E-state index in [-0.39, 0.29) is 6.04 Å². The van der Waals surface area contributed by atoms with Crippen LogP contribution in [0.1, 0.15) is 65.0 Å². The van der Waals surface area contributed by atoms with Crippen molar-refractivity contribution in [2.45, 2.75) is 65.5 Å². The summed E-state index contributed by atoms with van der Waals surface area (Å²) in [5.74, 6) is 0. The van der Waals surface area contributed by atoms with E-state index in [1.165, 1.54) is 30.5 Å². The van der Waals surface area contributed by atoms with Gasteiger partial charge in [0.05, 0.1) is 0 Å². The van der Waals surface area contributed by atoms with Crippen molar-refractivity contribution in [3.8, 4) is 0 Å². The smallest absolute Gasteiger partial charge is 0.0368 e. The van der Waals surface area contributed by atoms with Gasteiger partial charge in [0.15, 0.2) is 0 Å². The van der Waals surface area contributed by atoms with Gasteiger partial charge < -0.3 is 10.6 Å². The van der Waals surface area contributed by atoms with E-state index in [4.69, 9.17) is 5.73 Å². The molecule has 0 bridgehead atoms. The van der Waals surface area contributed by atoms with Gasteiger partial charge in [-0.3, -0.25) is 0 Å². The van der Waals surface area contributed by atoms with Gasteiger partial charge in [-0.2, -0.15) is 0 Å². The summed E-state index contributed by atoms with van der Waals surface area (Å²) < 4.78 is 0. The van der Waals surface area contributed by atoms with Crippen molar-refractivity contribution < 1.29 is 0 Å². The second kappa shape index (κ2) is 8.21. The fourth-order valence-electron chi connectivity index (χ4n) is 2.30. The minimum Gasteiger partial charge on any atom is -0.369 e. The molecule has 108 valence electrons. The van der Waals surface area contributed by atoms with Gasteiger partial charge in [-0.15, -0.1) is 0 Å². The average molecular weight is 262 g/mol. The van der Waals surface area contributed by atoms with Gasteiger partial charge >= 0.3 is 0 Å². The highest BCUT2D eigenvalue weighted by molar-refractivity contribution is 5.48. The van der Waals surface area contributed by atoms with Gasteiger partial charge in [-0.05, 0) is 43.9 Å². The molecule has 2 N–H and O–H groups in total. The molecular formula is C17H30N2. The molecule has 0 spiro atoms. The first-order chi connectivity index (χ1) is 9.13. The molecule has 1 aromatic rings. The van der Waals surface area contributed by atoms with Crippen LogP contribution >= 0.6 is 0 Å². The molecule has 19 heavy (non-hydrogen) atoms. The first kappa shape index (κ1) is 16.0. The summed E-state index contributed by atoms with van der Waals surface area (Å²) in [6.07, 6.45) is 4.66. The van der Waals surface area contributed by atoms with Gasteiger partial charge in [0.25, 0.3) is 0 Å². The second-order valence-corrected chi connectivity index (χ2v) is 5.41. The van der Waals surface area contributed by atoms with Crippen molar-refractivity contribution in [2.75, 3.05) is 11.4 Å². The monoisotopic (exact) mass is 262 g/mol. The molecule has 2 atom stereocenters. The Bertz CT molecular complexity index is 345. The summed E-state index contributed by atoms with van der Waals surface area (Å²) in [6, 6.07) is 9.59. The zero-order chi connectivity index (χ0) is 14.3. The first-order valence-corrected chi connectivity index (χ1v) is 7.76. The Morgan fingerprint density at radius 1 is 1.05 bits per heavy atom. The summed E-state index contributed by atoms with van der Waals surface area (Å²) in [5.41, 5.74) is 8.64. The lowest BCUT2D eigenvalue weighted by atomic mass is 10.0. The molecule has 0 fully saturated rings. The molecule has 2 unspecified atom stereocenters. The Hall–Kier alpha value is -1.02. The Balaban J connectivity index is 2.84. The van der Waals surface area contributed by atoms with Crippen molar-refractivity contribution >= 4 is 5.69 Å². The molecule has 2 nitrogen and oxygen atoms in total. The fourth-order valence-corrected chi connectivity index (χ4v) is 2.30. The third kappa shape index (κ3) is 4.54. The van der Waals surface area contributed by atoms with E-state index < -0.39 is 0 Å². The first-order valence-electron chi connectivity index (χ1n) is 7.76. The van der Waals surface area contributed by atoms with E-state index in [0.717, 1.165) is 13.0 Å². The van der Waals surface area contributed by atoms with Crippen LogP contribution in [0.2, 0.25) is 0 Å². The molecule has 2 heteroatoms. The minimum atomic E-state index is 0.168. The van der Waals surface area contributed by atoms with Crippen LogP contribution in [0.4, 0.5) is 5.69 Å². The minimum absolute atomic E-state index is 0.168. The summed E-state index contributed by atoms with van der Waals surface area (Å²) in [7, 11) is 0. The van der Waals surface area contributed by atoms with Gasteiger partial charge in [-0.1, -0.05) is 39.3 Å². The normalized spacial score (nSPS) is 14.2. The highest BCUT2D eigenvalue weighted by Crippen LogP contribution is 2.22. The lowest BCUT2D eigenvalue weighted by Crippen LogP contribution is -2.33. The van der Waals surface area contributed by atoms with Crippen molar-refractivity contribution in [3.63, 3.8) is 0 Å². The zero-order valence-corrected chi connectivity index (χ0v) is 13.0. The Morgan fingerprint density at radius 3 is 2.16 bits per heavy atom. The molecule has 0 saturated carbocycles. The maximum absolute atomic E-state index is 6.07. The van der Waals surface area contributed by atoms with E-state index >= 15 is 0 Å².